The molecule has 0 saturated carbocycles. The molecule has 2 aromatic carbocycles. The second kappa shape index (κ2) is 8.18. The van der Waals surface area contributed by atoms with Crippen LogP contribution in [0.5, 0.6) is 0 Å². The lowest BCUT2D eigenvalue weighted by Gasteiger charge is -2.19. The number of pyridine rings is 1. The summed E-state index contributed by atoms with van der Waals surface area (Å²) in [4.78, 5) is 43.1. The molecular formula is C24H23N3O4. The predicted octanol–water partition coefficient (Wildman–Crippen LogP) is 3.62. The Morgan fingerprint density at radius 2 is 1.90 bits per heavy atom. The fraction of sp³-hybridized carbons (Fsp3) is 0.250. The van der Waals surface area contributed by atoms with Gasteiger partial charge in [-0.1, -0.05) is 42.0 Å². The minimum atomic E-state index is -1.09. The number of benzene rings is 2. The van der Waals surface area contributed by atoms with Crippen LogP contribution in [-0.4, -0.2) is 47.0 Å². The van der Waals surface area contributed by atoms with Gasteiger partial charge in [-0.2, -0.15) is 0 Å². The van der Waals surface area contributed by atoms with E-state index in [1.807, 2.05) is 44.2 Å². The van der Waals surface area contributed by atoms with Crippen LogP contribution in [0, 0.1) is 13.8 Å². The summed E-state index contributed by atoms with van der Waals surface area (Å²) in [5.74, 6) is -1.18. The molecule has 4 rings (SSSR count). The van der Waals surface area contributed by atoms with Crippen LogP contribution >= 0.6 is 0 Å². The van der Waals surface area contributed by atoms with Gasteiger partial charge in [0, 0.05) is 24.0 Å². The van der Waals surface area contributed by atoms with Crippen LogP contribution in [0.15, 0.2) is 48.5 Å². The van der Waals surface area contributed by atoms with E-state index in [-0.39, 0.29) is 6.54 Å². The van der Waals surface area contributed by atoms with E-state index in [1.54, 1.807) is 12.1 Å². The summed E-state index contributed by atoms with van der Waals surface area (Å²) in [6.07, 6.45) is -1.09. The van der Waals surface area contributed by atoms with E-state index in [1.165, 1.54) is 6.92 Å². The first-order chi connectivity index (χ1) is 14.8. The van der Waals surface area contributed by atoms with Crippen molar-refractivity contribution in [2.45, 2.75) is 26.9 Å². The molecular weight excluding hydrogens is 394 g/mol. The minimum Gasteiger partial charge on any atom is -0.449 e. The number of aryl methyl sites for hydroxylation is 2. The monoisotopic (exact) mass is 417 g/mol. The third-order valence-corrected chi connectivity index (χ3v) is 5.35. The Hall–Kier alpha value is -3.74. The van der Waals surface area contributed by atoms with Crippen molar-refractivity contribution >= 4 is 28.8 Å². The molecule has 1 saturated heterocycles. The maximum absolute atomic E-state index is 13.1. The van der Waals surface area contributed by atoms with Gasteiger partial charge < -0.3 is 10.1 Å². The van der Waals surface area contributed by atoms with Crippen LogP contribution < -0.4 is 5.32 Å². The van der Waals surface area contributed by atoms with E-state index in [9.17, 15) is 14.4 Å². The largest absolute Gasteiger partial charge is 0.449 e. The lowest BCUT2D eigenvalue weighted by atomic mass is 9.99. The van der Waals surface area contributed by atoms with Crippen molar-refractivity contribution < 1.29 is 19.1 Å². The van der Waals surface area contributed by atoms with Gasteiger partial charge in [0.15, 0.2) is 6.10 Å². The number of para-hydroxylation sites is 1. The number of imide groups is 1. The number of nitrogens with zero attached hydrogens (tertiary/aromatic N) is 2. The zero-order chi connectivity index (χ0) is 22.1. The highest BCUT2D eigenvalue weighted by atomic mass is 16.5. The second-order valence-electron chi connectivity index (χ2n) is 7.66. The van der Waals surface area contributed by atoms with Gasteiger partial charge in [-0.3, -0.25) is 9.69 Å². The summed E-state index contributed by atoms with van der Waals surface area (Å²) in [5.41, 5.74) is 4.74. The molecule has 3 aromatic rings. The van der Waals surface area contributed by atoms with Gasteiger partial charge in [0.05, 0.1) is 16.8 Å². The highest BCUT2D eigenvalue weighted by Gasteiger charge is 2.32. The van der Waals surface area contributed by atoms with E-state index in [2.05, 4.69) is 11.4 Å². The molecule has 0 radical (unpaired) electrons. The smallest absolute Gasteiger partial charge is 0.339 e. The number of carbonyl (C=O) groups is 3. The van der Waals surface area contributed by atoms with Gasteiger partial charge in [0.2, 0.25) is 0 Å². The van der Waals surface area contributed by atoms with Gasteiger partial charge in [-0.25, -0.2) is 14.6 Å². The molecule has 1 aromatic heterocycles. The van der Waals surface area contributed by atoms with Gasteiger partial charge in [0.1, 0.15) is 0 Å². The van der Waals surface area contributed by atoms with Crippen molar-refractivity contribution in [3.05, 3.63) is 65.2 Å². The maximum atomic E-state index is 13.1. The number of aromatic nitrogens is 1. The minimum absolute atomic E-state index is 0.259. The normalized spacial score (nSPS) is 14.4. The SMILES string of the molecule is Cc1ccc(-c2cc(C(=O)OC(C)C(=O)N3CCNC3=O)c3ccccc3n2)c(C)c1. The number of amides is 3. The van der Waals surface area contributed by atoms with Crippen LogP contribution in [0.3, 0.4) is 0 Å². The molecule has 3 amide bonds. The first-order valence-corrected chi connectivity index (χ1v) is 10.1. The molecule has 1 N–H and O–H groups in total. The number of carbonyl (C=O) groups excluding carboxylic acids is 3. The molecule has 1 fully saturated rings. The standard InChI is InChI=1S/C24H23N3O4/c1-14-8-9-17(15(2)12-14)21-13-19(18-6-4-5-7-20(18)26-21)23(29)31-16(3)22(28)27-11-10-25-24(27)30/h4-9,12-13,16H,10-11H2,1-3H3,(H,25,30). The Bertz CT molecular complexity index is 1200. The number of ether oxygens (including phenoxy) is 1. The molecule has 1 aliphatic heterocycles. The molecule has 2 heterocycles. The number of hydrogen-bond acceptors (Lipinski definition) is 5. The van der Waals surface area contributed by atoms with E-state index in [0.29, 0.717) is 28.7 Å². The molecule has 0 spiro atoms. The Balaban J connectivity index is 1.69. The number of hydrogen-bond donors (Lipinski definition) is 1. The van der Waals surface area contributed by atoms with E-state index >= 15 is 0 Å². The van der Waals surface area contributed by atoms with Crippen molar-refractivity contribution in [3.63, 3.8) is 0 Å². The maximum Gasteiger partial charge on any atom is 0.339 e. The van der Waals surface area contributed by atoms with E-state index < -0.39 is 24.0 Å². The quantitative estimate of drug-likeness (QED) is 0.655. The molecule has 1 atom stereocenters. The van der Waals surface area contributed by atoms with Crippen LogP contribution in [0.4, 0.5) is 4.79 Å². The van der Waals surface area contributed by atoms with Crippen LogP contribution in [0.2, 0.25) is 0 Å². The molecule has 7 heteroatoms. The lowest BCUT2D eigenvalue weighted by molar-refractivity contribution is -0.136. The summed E-state index contributed by atoms with van der Waals surface area (Å²) in [6.45, 7) is 6.14. The molecule has 158 valence electrons. The highest BCUT2D eigenvalue weighted by Crippen LogP contribution is 2.28. The van der Waals surface area contributed by atoms with Crippen LogP contribution in [0.25, 0.3) is 22.2 Å². The van der Waals surface area contributed by atoms with Crippen molar-refractivity contribution in [1.82, 2.24) is 15.2 Å². The third kappa shape index (κ3) is 3.99. The van der Waals surface area contributed by atoms with Crippen molar-refractivity contribution in [1.29, 1.82) is 0 Å². The predicted molar refractivity (Wildman–Crippen MR) is 117 cm³/mol. The second-order valence-corrected chi connectivity index (χ2v) is 7.66. The summed E-state index contributed by atoms with van der Waals surface area (Å²) < 4.78 is 5.47. The first kappa shape index (κ1) is 20.5. The van der Waals surface area contributed by atoms with Crippen LogP contribution in [-0.2, 0) is 9.53 Å². The zero-order valence-corrected chi connectivity index (χ0v) is 17.6. The number of fused-ring (bicyclic) bond motifs is 1. The number of urea groups is 1. The van der Waals surface area contributed by atoms with Gasteiger partial charge in [-0.15, -0.1) is 0 Å². The Morgan fingerprint density at radius 1 is 1.13 bits per heavy atom. The van der Waals surface area contributed by atoms with Crippen molar-refractivity contribution in [3.8, 4) is 11.3 Å². The molecule has 0 bridgehead atoms. The zero-order valence-electron chi connectivity index (χ0n) is 17.6. The summed E-state index contributed by atoms with van der Waals surface area (Å²) >= 11 is 0. The van der Waals surface area contributed by atoms with E-state index in [4.69, 9.17) is 9.72 Å². The molecule has 1 unspecified atom stereocenters. The average Bonchev–Trinajstić information content (AvgIpc) is 3.18. The number of nitrogens with one attached hydrogen (secondary N) is 1. The summed E-state index contributed by atoms with van der Waals surface area (Å²) in [5, 5.41) is 3.21. The third-order valence-electron chi connectivity index (χ3n) is 5.35. The topological polar surface area (TPSA) is 88.6 Å². The molecule has 7 nitrogen and oxygen atoms in total. The fourth-order valence-electron chi connectivity index (χ4n) is 3.76. The van der Waals surface area contributed by atoms with Gasteiger partial charge in [-0.05, 0) is 38.5 Å². The average molecular weight is 417 g/mol. The van der Waals surface area contributed by atoms with Crippen molar-refractivity contribution in [2.75, 3.05) is 13.1 Å². The van der Waals surface area contributed by atoms with Crippen LogP contribution in [0.1, 0.15) is 28.4 Å². The number of rotatable bonds is 4. The van der Waals surface area contributed by atoms with Gasteiger partial charge >= 0.3 is 12.0 Å². The summed E-state index contributed by atoms with van der Waals surface area (Å²) in [6, 6.07) is 14.6. The molecule has 31 heavy (non-hydrogen) atoms. The Labute approximate surface area is 180 Å². The lowest BCUT2D eigenvalue weighted by Crippen LogP contribution is -2.41. The molecule has 0 aliphatic carbocycles. The Morgan fingerprint density at radius 3 is 2.61 bits per heavy atom. The highest BCUT2D eigenvalue weighted by molar-refractivity contribution is 6.06. The Kier molecular flexibility index (Phi) is 5.42. The van der Waals surface area contributed by atoms with E-state index in [0.717, 1.165) is 21.6 Å². The van der Waals surface area contributed by atoms with Gasteiger partial charge in [0.25, 0.3) is 5.91 Å². The first-order valence-electron chi connectivity index (χ1n) is 10.1. The number of esters is 1. The van der Waals surface area contributed by atoms with Crippen molar-refractivity contribution in [2.24, 2.45) is 0 Å². The fourth-order valence-corrected chi connectivity index (χ4v) is 3.76. The summed E-state index contributed by atoms with van der Waals surface area (Å²) in [7, 11) is 0. The molecule has 1 aliphatic rings.